The van der Waals surface area contributed by atoms with E-state index in [0.29, 0.717) is 11.6 Å². The van der Waals surface area contributed by atoms with Crippen LogP contribution in [0.3, 0.4) is 0 Å². The molecule has 0 saturated carbocycles. The van der Waals surface area contributed by atoms with Gasteiger partial charge in [-0.15, -0.1) is 5.10 Å². The lowest BCUT2D eigenvalue weighted by molar-refractivity contribution is -0.0901. The Morgan fingerprint density at radius 2 is 1.93 bits per heavy atom. The lowest BCUT2D eigenvalue weighted by Gasteiger charge is -2.25. The maximum atomic E-state index is 13.6. The van der Waals surface area contributed by atoms with Crippen LogP contribution in [0, 0.1) is 0 Å². The van der Waals surface area contributed by atoms with Gasteiger partial charge in [0, 0.05) is 11.1 Å². The summed E-state index contributed by atoms with van der Waals surface area (Å²) in [6.45, 7) is 1.66. The lowest BCUT2D eigenvalue weighted by Crippen LogP contribution is -2.26. The van der Waals surface area contributed by atoms with Crippen LogP contribution in [0.15, 0.2) is 70.1 Å². The SMILES string of the molecule is CC(S)N1N=C(c2ccccc2)OC1=C1CC=C(B(O)O)C=C1C(F)(F)F. The van der Waals surface area contributed by atoms with Crippen LogP contribution in [-0.2, 0) is 4.74 Å². The van der Waals surface area contributed by atoms with Gasteiger partial charge < -0.3 is 14.8 Å². The highest BCUT2D eigenvalue weighted by Crippen LogP contribution is 2.41. The van der Waals surface area contributed by atoms with E-state index in [-0.39, 0.29) is 29.2 Å². The van der Waals surface area contributed by atoms with Crippen molar-refractivity contribution in [1.29, 1.82) is 0 Å². The summed E-state index contributed by atoms with van der Waals surface area (Å²) in [6, 6.07) is 8.79. The summed E-state index contributed by atoms with van der Waals surface area (Å²) in [7, 11) is -1.99. The van der Waals surface area contributed by atoms with Crippen LogP contribution >= 0.6 is 12.6 Å². The number of nitrogens with zero attached hydrogens (tertiary/aromatic N) is 2. The first-order chi connectivity index (χ1) is 12.7. The van der Waals surface area contributed by atoms with Gasteiger partial charge in [-0.25, -0.2) is 5.01 Å². The largest absolute Gasteiger partial charge is 0.488 e. The van der Waals surface area contributed by atoms with Gasteiger partial charge in [0.15, 0.2) is 0 Å². The summed E-state index contributed by atoms with van der Waals surface area (Å²) in [4.78, 5) is 0. The van der Waals surface area contributed by atoms with Gasteiger partial charge in [0.05, 0.1) is 10.9 Å². The molecule has 5 nitrogen and oxygen atoms in total. The molecule has 1 aromatic rings. The Kier molecular flexibility index (Phi) is 5.41. The topological polar surface area (TPSA) is 65.3 Å². The minimum absolute atomic E-state index is 0.0809. The number of hydrazone groups is 1. The average molecular weight is 396 g/mol. The van der Waals surface area contributed by atoms with E-state index in [2.05, 4.69) is 17.7 Å². The summed E-state index contributed by atoms with van der Waals surface area (Å²) in [5, 5.41) is 23.4. The van der Waals surface area contributed by atoms with Gasteiger partial charge in [0.2, 0.25) is 11.8 Å². The van der Waals surface area contributed by atoms with E-state index in [0.717, 1.165) is 0 Å². The molecule has 1 aromatic carbocycles. The van der Waals surface area contributed by atoms with Gasteiger partial charge >= 0.3 is 13.3 Å². The highest BCUT2D eigenvalue weighted by molar-refractivity contribution is 7.80. The second-order valence-corrected chi connectivity index (χ2v) is 6.72. The van der Waals surface area contributed by atoms with Crippen LogP contribution in [-0.4, -0.2) is 39.6 Å². The number of rotatable bonds is 3. The van der Waals surface area contributed by atoms with Crippen molar-refractivity contribution in [3.63, 3.8) is 0 Å². The molecular formula is C17H16BF3N2O3S. The zero-order valence-corrected chi connectivity index (χ0v) is 15.1. The average Bonchev–Trinajstić information content (AvgIpc) is 3.06. The van der Waals surface area contributed by atoms with Crippen LogP contribution in [0.2, 0.25) is 0 Å². The quantitative estimate of drug-likeness (QED) is 0.543. The van der Waals surface area contributed by atoms with E-state index in [4.69, 9.17) is 4.74 Å². The minimum atomic E-state index is -4.71. The van der Waals surface area contributed by atoms with Crippen molar-refractivity contribution in [1.82, 2.24) is 5.01 Å². The van der Waals surface area contributed by atoms with Crippen LogP contribution in [0.5, 0.6) is 0 Å². The molecule has 10 heteroatoms. The highest BCUT2D eigenvalue weighted by atomic mass is 32.1. The van der Waals surface area contributed by atoms with E-state index in [9.17, 15) is 23.2 Å². The van der Waals surface area contributed by atoms with Gasteiger partial charge in [-0.3, -0.25) is 0 Å². The second-order valence-electron chi connectivity index (χ2n) is 5.97. The Morgan fingerprint density at radius 3 is 2.48 bits per heavy atom. The lowest BCUT2D eigenvalue weighted by atomic mass is 9.74. The van der Waals surface area contributed by atoms with Gasteiger partial charge in [-0.1, -0.05) is 30.4 Å². The number of halogens is 3. The number of benzene rings is 1. The van der Waals surface area contributed by atoms with Crippen LogP contribution in [0.25, 0.3) is 0 Å². The maximum absolute atomic E-state index is 13.6. The number of thiol groups is 1. The number of allylic oxidation sites excluding steroid dienone is 5. The number of ether oxygens (including phenoxy) is 1. The molecule has 0 amide bonds. The van der Waals surface area contributed by atoms with Gasteiger partial charge in [0.1, 0.15) is 0 Å². The van der Waals surface area contributed by atoms with E-state index >= 15 is 0 Å². The molecule has 27 heavy (non-hydrogen) atoms. The van der Waals surface area contributed by atoms with Crippen molar-refractivity contribution in [3.05, 3.63) is 70.5 Å². The zero-order valence-electron chi connectivity index (χ0n) is 14.2. The monoisotopic (exact) mass is 396 g/mol. The third-order valence-corrected chi connectivity index (χ3v) is 4.23. The van der Waals surface area contributed by atoms with E-state index in [1.54, 1.807) is 37.3 Å². The molecule has 2 N–H and O–H groups in total. The Labute approximate surface area is 159 Å². The summed E-state index contributed by atoms with van der Waals surface area (Å²) in [5.41, 5.74) is -0.768. The summed E-state index contributed by atoms with van der Waals surface area (Å²) in [5.74, 6) is 0.0835. The number of alkyl halides is 3. The molecule has 0 spiro atoms. The molecule has 1 aliphatic heterocycles. The molecule has 0 aromatic heterocycles. The van der Waals surface area contributed by atoms with E-state index in [1.165, 1.54) is 11.1 Å². The summed E-state index contributed by atoms with van der Waals surface area (Å²) in [6.07, 6.45) is -2.88. The summed E-state index contributed by atoms with van der Waals surface area (Å²) < 4.78 is 46.5. The first kappa shape index (κ1) is 19.6. The van der Waals surface area contributed by atoms with E-state index in [1.807, 2.05) is 0 Å². The molecule has 1 atom stereocenters. The van der Waals surface area contributed by atoms with Crippen molar-refractivity contribution in [2.75, 3.05) is 0 Å². The normalized spacial score (nSPS) is 21.3. The third kappa shape index (κ3) is 4.07. The molecule has 0 saturated heterocycles. The second kappa shape index (κ2) is 7.45. The first-order valence-electron chi connectivity index (χ1n) is 8.06. The minimum Gasteiger partial charge on any atom is -0.423 e. The molecule has 0 radical (unpaired) electrons. The van der Waals surface area contributed by atoms with Gasteiger partial charge in [-0.2, -0.15) is 25.8 Å². The Hall–Kier alpha value is -2.17. The smallest absolute Gasteiger partial charge is 0.423 e. The van der Waals surface area contributed by atoms with E-state index < -0.39 is 24.2 Å². The standard InChI is InChI=1S/C17H16BF3N2O3S/c1-10(27)23-16(26-15(22-23)11-5-3-2-4-6-11)13-8-7-12(18(24)25)9-14(13)17(19,20)21/h2-7,9-10,24-25,27H,8H2,1H3. The fourth-order valence-electron chi connectivity index (χ4n) is 2.73. The van der Waals surface area contributed by atoms with Crippen molar-refractivity contribution < 1.29 is 28.0 Å². The molecule has 3 rings (SSSR count). The molecule has 0 fully saturated rings. The van der Waals surface area contributed by atoms with Crippen molar-refractivity contribution >= 4 is 25.6 Å². The van der Waals surface area contributed by atoms with Gasteiger partial charge in [0.25, 0.3) is 0 Å². The third-order valence-electron chi connectivity index (χ3n) is 4.01. The predicted molar refractivity (Wildman–Crippen MR) is 98.4 cm³/mol. The number of hydrogen-bond acceptors (Lipinski definition) is 6. The Morgan fingerprint density at radius 1 is 1.26 bits per heavy atom. The fourth-order valence-corrected chi connectivity index (χ4v) is 2.89. The first-order valence-corrected chi connectivity index (χ1v) is 8.58. The van der Waals surface area contributed by atoms with Crippen molar-refractivity contribution in [2.24, 2.45) is 5.10 Å². The van der Waals surface area contributed by atoms with Crippen LogP contribution in [0.1, 0.15) is 18.9 Å². The predicted octanol–water partition coefficient (Wildman–Crippen LogP) is 3.00. The Bertz CT molecular complexity index is 849. The molecule has 1 unspecified atom stereocenters. The number of hydrogen-bond donors (Lipinski definition) is 3. The molecule has 142 valence electrons. The van der Waals surface area contributed by atoms with Gasteiger partial charge in [-0.05, 0) is 30.9 Å². The van der Waals surface area contributed by atoms with Crippen LogP contribution in [0.4, 0.5) is 13.2 Å². The van der Waals surface area contributed by atoms with Crippen molar-refractivity contribution in [2.45, 2.75) is 24.9 Å². The fraction of sp³-hybridized carbons (Fsp3) is 0.235. The van der Waals surface area contributed by atoms with Crippen LogP contribution < -0.4 is 0 Å². The Balaban J connectivity index is 2.07. The molecule has 2 aliphatic rings. The highest BCUT2D eigenvalue weighted by Gasteiger charge is 2.42. The maximum Gasteiger partial charge on any atom is 0.488 e. The molecule has 1 aliphatic carbocycles. The zero-order chi connectivity index (χ0) is 19.8. The molecular weight excluding hydrogens is 380 g/mol. The molecule has 0 bridgehead atoms. The molecule has 1 heterocycles. The summed E-state index contributed by atoms with van der Waals surface area (Å²) >= 11 is 4.29. The van der Waals surface area contributed by atoms with Crippen molar-refractivity contribution in [3.8, 4) is 0 Å².